The lowest BCUT2D eigenvalue weighted by atomic mass is 10.1. The molecule has 2 heterocycles. The lowest BCUT2D eigenvalue weighted by Crippen LogP contribution is -2.50. The van der Waals surface area contributed by atoms with E-state index in [0.29, 0.717) is 32.6 Å². The number of benzene rings is 1. The number of aromatic nitrogens is 1. The fourth-order valence-electron chi connectivity index (χ4n) is 3.20. The second kappa shape index (κ2) is 6.86. The van der Waals surface area contributed by atoms with Gasteiger partial charge in [0.1, 0.15) is 0 Å². The summed E-state index contributed by atoms with van der Waals surface area (Å²) in [6, 6.07) is 8.24. The van der Waals surface area contributed by atoms with Crippen molar-refractivity contribution < 1.29 is 9.59 Å². The SMILES string of the molecule is CC(=O)N1CCN(C(=O)CCCc2c[nH]c3ccccc23)CC1. The maximum atomic E-state index is 12.3. The standard InChI is InChI=1S/C18H23N3O2/c1-14(22)20-9-11-21(12-10-20)18(23)8-4-5-15-13-19-17-7-3-2-6-16(15)17/h2-3,6-7,13,19H,4-5,8-12H2,1H3. The molecule has 0 bridgehead atoms. The number of nitrogens with zero attached hydrogens (tertiary/aromatic N) is 2. The highest BCUT2D eigenvalue weighted by atomic mass is 16.2. The minimum absolute atomic E-state index is 0.0939. The Bertz CT molecular complexity index is 699. The van der Waals surface area contributed by atoms with Gasteiger partial charge < -0.3 is 14.8 Å². The molecule has 0 saturated carbocycles. The van der Waals surface area contributed by atoms with Crippen molar-refractivity contribution in [1.82, 2.24) is 14.8 Å². The molecular formula is C18H23N3O2. The number of hydrogen-bond acceptors (Lipinski definition) is 2. The first-order chi connectivity index (χ1) is 11.1. The van der Waals surface area contributed by atoms with E-state index in [4.69, 9.17) is 0 Å². The minimum Gasteiger partial charge on any atom is -0.361 e. The van der Waals surface area contributed by atoms with Crippen molar-refractivity contribution >= 4 is 22.7 Å². The van der Waals surface area contributed by atoms with Crippen LogP contribution in [-0.4, -0.2) is 52.8 Å². The topological polar surface area (TPSA) is 56.4 Å². The maximum absolute atomic E-state index is 12.3. The highest BCUT2D eigenvalue weighted by molar-refractivity contribution is 5.83. The number of hydrogen-bond donors (Lipinski definition) is 1. The van der Waals surface area contributed by atoms with E-state index >= 15 is 0 Å². The zero-order chi connectivity index (χ0) is 16.2. The van der Waals surface area contributed by atoms with Crippen molar-refractivity contribution in [3.8, 4) is 0 Å². The van der Waals surface area contributed by atoms with Crippen molar-refractivity contribution in [2.45, 2.75) is 26.2 Å². The van der Waals surface area contributed by atoms with E-state index in [-0.39, 0.29) is 11.8 Å². The zero-order valence-electron chi connectivity index (χ0n) is 13.5. The van der Waals surface area contributed by atoms with Crippen molar-refractivity contribution in [1.29, 1.82) is 0 Å². The van der Waals surface area contributed by atoms with Crippen LogP contribution in [0.4, 0.5) is 0 Å². The van der Waals surface area contributed by atoms with Crippen LogP contribution in [-0.2, 0) is 16.0 Å². The van der Waals surface area contributed by atoms with Crippen LogP contribution in [0.25, 0.3) is 10.9 Å². The molecule has 1 aliphatic heterocycles. The van der Waals surface area contributed by atoms with Crippen LogP contribution < -0.4 is 0 Å². The molecule has 1 aromatic carbocycles. The van der Waals surface area contributed by atoms with E-state index in [9.17, 15) is 9.59 Å². The summed E-state index contributed by atoms with van der Waals surface area (Å²) >= 11 is 0. The van der Waals surface area contributed by atoms with Gasteiger partial charge in [0.2, 0.25) is 11.8 Å². The smallest absolute Gasteiger partial charge is 0.222 e. The molecule has 23 heavy (non-hydrogen) atoms. The number of rotatable bonds is 4. The molecule has 1 fully saturated rings. The molecule has 0 unspecified atom stereocenters. The van der Waals surface area contributed by atoms with Crippen molar-refractivity contribution in [2.75, 3.05) is 26.2 Å². The number of nitrogens with one attached hydrogen (secondary N) is 1. The Hall–Kier alpha value is -2.30. The predicted octanol–water partition coefficient (Wildman–Crippen LogP) is 2.18. The summed E-state index contributed by atoms with van der Waals surface area (Å²) in [4.78, 5) is 30.5. The van der Waals surface area contributed by atoms with Crippen molar-refractivity contribution in [3.63, 3.8) is 0 Å². The van der Waals surface area contributed by atoms with Gasteiger partial charge in [0.25, 0.3) is 0 Å². The van der Waals surface area contributed by atoms with Crippen LogP contribution >= 0.6 is 0 Å². The molecule has 1 N–H and O–H groups in total. The Morgan fingerprint density at radius 3 is 2.52 bits per heavy atom. The molecule has 0 radical (unpaired) electrons. The van der Waals surface area contributed by atoms with Crippen LogP contribution in [0.5, 0.6) is 0 Å². The van der Waals surface area contributed by atoms with Gasteiger partial charge in [-0.2, -0.15) is 0 Å². The molecule has 3 rings (SSSR count). The van der Waals surface area contributed by atoms with Gasteiger partial charge in [0.15, 0.2) is 0 Å². The number of carbonyl (C=O) groups excluding carboxylic acids is 2. The Kier molecular flexibility index (Phi) is 4.65. The quantitative estimate of drug-likeness (QED) is 0.940. The number of piperazine rings is 1. The molecule has 1 saturated heterocycles. The molecule has 5 nitrogen and oxygen atoms in total. The number of fused-ring (bicyclic) bond motifs is 1. The normalized spacial score (nSPS) is 15.2. The van der Waals surface area contributed by atoms with Crippen LogP contribution in [0, 0.1) is 0 Å². The van der Waals surface area contributed by atoms with Crippen LogP contribution in [0.2, 0.25) is 0 Å². The molecule has 122 valence electrons. The molecule has 0 atom stereocenters. The Morgan fingerprint density at radius 2 is 1.78 bits per heavy atom. The van der Waals surface area contributed by atoms with E-state index < -0.39 is 0 Å². The number of amides is 2. The Morgan fingerprint density at radius 1 is 1.09 bits per heavy atom. The highest BCUT2D eigenvalue weighted by Crippen LogP contribution is 2.19. The molecular weight excluding hydrogens is 290 g/mol. The molecule has 2 amide bonds. The minimum atomic E-state index is 0.0939. The monoisotopic (exact) mass is 313 g/mol. The van der Waals surface area contributed by atoms with E-state index in [0.717, 1.165) is 18.4 Å². The molecule has 2 aromatic rings. The number of carbonyl (C=O) groups is 2. The third-order valence-electron chi connectivity index (χ3n) is 4.59. The van der Waals surface area contributed by atoms with Crippen molar-refractivity contribution in [2.24, 2.45) is 0 Å². The first-order valence-electron chi connectivity index (χ1n) is 8.23. The van der Waals surface area contributed by atoms with Crippen LogP contribution in [0.1, 0.15) is 25.3 Å². The summed E-state index contributed by atoms with van der Waals surface area (Å²) in [5.41, 5.74) is 2.42. The summed E-state index contributed by atoms with van der Waals surface area (Å²) in [6.07, 6.45) is 4.37. The summed E-state index contributed by atoms with van der Waals surface area (Å²) in [6.45, 7) is 4.21. The van der Waals surface area contributed by atoms with Crippen molar-refractivity contribution in [3.05, 3.63) is 36.0 Å². The molecule has 0 aliphatic carbocycles. The van der Waals surface area contributed by atoms with Gasteiger partial charge in [-0.25, -0.2) is 0 Å². The lowest BCUT2D eigenvalue weighted by Gasteiger charge is -2.34. The highest BCUT2D eigenvalue weighted by Gasteiger charge is 2.21. The van der Waals surface area contributed by atoms with Gasteiger partial charge in [-0.05, 0) is 24.5 Å². The molecule has 1 aromatic heterocycles. The van der Waals surface area contributed by atoms with Gasteiger partial charge >= 0.3 is 0 Å². The number of para-hydroxylation sites is 1. The van der Waals surface area contributed by atoms with Crippen LogP contribution in [0.15, 0.2) is 30.5 Å². The van der Waals surface area contributed by atoms with Gasteiger partial charge in [-0.15, -0.1) is 0 Å². The first-order valence-corrected chi connectivity index (χ1v) is 8.23. The largest absolute Gasteiger partial charge is 0.361 e. The van der Waals surface area contributed by atoms with E-state index in [1.54, 1.807) is 11.8 Å². The lowest BCUT2D eigenvalue weighted by molar-refractivity contribution is -0.138. The fourth-order valence-corrected chi connectivity index (χ4v) is 3.20. The van der Waals surface area contributed by atoms with E-state index in [1.165, 1.54) is 10.9 Å². The zero-order valence-corrected chi connectivity index (χ0v) is 13.5. The average Bonchev–Trinajstić information content (AvgIpc) is 2.98. The van der Waals surface area contributed by atoms with E-state index in [1.807, 2.05) is 23.2 Å². The molecule has 0 spiro atoms. The number of H-pyrrole nitrogens is 1. The second-order valence-corrected chi connectivity index (χ2v) is 6.10. The summed E-state index contributed by atoms with van der Waals surface area (Å²) in [7, 11) is 0. The van der Waals surface area contributed by atoms with Crippen LogP contribution in [0.3, 0.4) is 0 Å². The molecule has 5 heteroatoms. The number of aromatic amines is 1. The van der Waals surface area contributed by atoms with Gasteiger partial charge in [0.05, 0.1) is 0 Å². The summed E-state index contributed by atoms with van der Waals surface area (Å²) in [5.74, 6) is 0.296. The van der Waals surface area contributed by atoms with Gasteiger partial charge in [-0.3, -0.25) is 9.59 Å². The predicted molar refractivity (Wildman–Crippen MR) is 90.1 cm³/mol. The summed E-state index contributed by atoms with van der Waals surface area (Å²) in [5, 5.41) is 1.25. The molecule has 1 aliphatic rings. The Labute approximate surface area is 136 Å². The van der Waals surface area contributed by atoms with Gasteiger partial charge in [-0.1, -0.05) is 18.2 Å². The summed E-state index contributed by atoms with van der Waals surface area (Å²) < 4.78 is 0. The van der Waals surface area contributed by atoms with Gasteiger partial charge in [0, 0.05) is 56.6 Å². The average molecular weight is 313 g/mol. The van der Waals surface area contributed by atoms with E-state index in [2.05, 4.69) is 17.1 Å². The first kappa shape index (κ1) is 15.6. The third-order valence-corrected chi connectivity index (χ3v) is 4.59. The fraction of sp³-hybridized carbons (Fsp3) is 0.444. The Balaban J connectivity index is 1.47. The third kappa shape index (κ3) is 3.55. The number of aryl methyl sites for hydroxylation is 1. The maximum Gasteiger partial charge on any atom is 0.222 e. The second-order valence-electron chi connectivity index (χ2n) is 6.10.